The molecule has 2 aromatic carbocycles. The van der Waals surface area contributed by atoms with Crippen molar-refractivity contribution in [2.24, 2.45) is 4.99 Å². The van der Waals surface area contributed by atoms with E-state index in [1.54, 1.807) is 21.3 Å². The summed E-state index contributed by atoms with van der Waals surface area (Å²) < 4.78 is 25.7. The lowest BCUT2D eigenvalue weighted by molar-refractivity contribution is 0.101. The number of hydrogen-bond acceptors (Lipinski definition) is 5. The third-order valence-electron chi connectivity index (χ3n) is 6.66. The lowest BCUT2D eigenvalue weighted by Gasteiger charge is -2.28. The van der Waals surface area contributed by atoms with Gasteiger partial charge in [-0.1, -0.05) is 43.7 Å². The number of benzene rings is 2. The quantitative estimate of drug-likeness (QED) is 0.397. The molecular weight excluding hydrogens is 440 g/mol. The molecule has 0 spiro atoms. The molecule has 0 radical (unpaired) electrons. The summed E-state index contributed by atoms with van der Waals surface area (Å²) in [5.41, 5.74) is 6.52. The Bertz CT molecular complexity index is 1220. The largest absolute Gasteiger partial charge is 0.493 e. The summed E-state index contributed by atoms with van der Waals surface area (Å²) >= 11 is 0. The van der Waals surface area contributed by atoms with E-state index in [0.717, 1.165) is 76.5 Å². The van der Waals surface area contributed by atoms with Crippen molar-refractivity contribution in [1.29, 1.82) is 0 Å². The molecule has 1 aliphatic heterocycles. The zero-order valence-corrected chi connectivity index (χ0v) is 21.5. The first-order chi connectivity index (χ1) is 17.1. The summed E-state index contributed by atoms with van der Waals surface area (Å²) in [4.78, 5) is 5.02. The van der Waals surface area contributed by atoms with Gasteiger partial charge in [-0.3, -0.25) is 4.99 Å². The molecular formula is C29H36N2O4. The highest BCUT2D eigenvalue weighted by atomic mass is 16.5. The van der Waals surface area contributed by atoms with Gasteiger partial charge < -0.3 is 23.5 Å². The van der Waals surface area contributed by atoms with Gasteiger partial charge in [0, 0.05) is 36.4 Å². The van der Waals surface area contributed by atoms with E-state index in [1.165, 1.54) is 0 Å². The third kappa shape index (κ3) is 5.22. The maximum Gasteiger partial charge on any atom is 0.164 e. The highest BCUT2D eigenvalue weighted by Crippen LogP contribution is 2.42. The smallest absolute Gasteiger partial charge is 0.164 e. The second-order valence-corrected chi connectivity index (χ2v) is 8.83. The van der Waals surface area contributed by atoms with E-state index in [0.29, 0.717) is 13.2 Å². The van der Waals surface area contributed by atoms with Gasteiger partial charge in [-0.2, -0.15) is 0 Å². The summed E-state index contributed by atoms with van der Waals surface area (Å²) in [6.45, 7) is 6.21. The van der Waals surface area contributed by atoms with E-state index in [9.17, 15) is 0 Å². The van der Waals surface area contributed by atoms with Crippen molar-refractivity contribution in [3.63, 3.8) is 0 Å². The van der Waals surface area contributed by atoms with E-state index >= 15 is 0 Å². The minimum atomic E-state index is 0.103. The van der Waals surface area contributed by atoms with Gasteiger partial charge >= 0.3 is 0 Å². The first kappa shape index (κ1) is 24.9. The van der Waals surface area contributed by atoms with Crippen LogP contribution in [0.4, 0.5) is 0 Å². The van der Waals surface area contributed by atoms with Crippen molar-refractivity contribution < 1.29 is 18.9 Å². The van der Waals surface area contributed by atoms with E-state index in [4.69, 9.17) is 23.9 Å². The second-order valence-electron chi connectivity index (χ2n) is 8.83. The van der Waals surface area contributed by atoms with Crippen LogP contribution in [0.5, 0.6) is 17.2 Å². The second kappa shape index (κ2) is 11.5. The van der Waals surface area contributed by atoms with Gasteiger partial charge in [0.2, 0.25) is 0 Å². The molecule has 0 fully saturated rings. The van der Waals surface area contributed by atoms with Crippen molar-refractivity contribution in [3.8, 4) is 28.5 Å². The fraction of sp³-hybridized carbons (Fsp3) is 0.414. The van der Waals surface area contributed by atoms with Gasteiger partial charge in [0.25, 0.3) is 0 Å². The maximum atomic E-state index is 6.37. The standard InChI is InChI=1S/C29H36N2O4/c1-6-10-22(32-3)18-30-27-17-26(35-19-21-11-8-7-9-12-21)20(2)28-23-13-14-25(33-4)29(34-5)24(23)15-16-31(27)28/h7-9,11-14,17,22H,6,10,15-16,18-19H2,1-5H3. The summed E-state index contributed by atoms with van der Waals surface area (Å²) in [5, 5.41) is 0. The number of fused-ring (bicyclic) bond motifs is 3. The van der Waals surface area contributed by atoms with Crippen molar-refractivity contribution in [3.05, 3.63) is 70.7 Å². The fourth-order valence-electron chi connectivity index (χ4n) is 4.81. The van der Waals surface area contributed by atoms with Crippen LogP contribution in [0, 0.1) is 6.92 Å². The molecule has 4 rings (SSSR count). The van der Waals surface area contributed by atoms with Crippen molar-refractivity contribution in [2.45, 2.75) is 52.4 Å². The minimum Gasteiger partial charge on any atom is -0.493 e. The number of methoxy groups -OCH3 is 3. The first-order valence-corrected chi connectivity index (χ1v) is 12.3. The molecule has 35 heavy (non-hydrogen) atoms. The molecule has 0 N–H and O–H groups in total. The average molecular weight is 477 g/mol. The molecule has 6 nitrogen and oxygen atoms in total. The highest BCUT2D eigenvalue weighted by Gasteiger charge is 2.25. The molecule has 1 unspecified atom stereocenters. The number of nitrogens with zero attached hydrogens (tertiary/aromatic N) is 2. The zero-order chi connectivity index (χ0) is 24.8. The first-order valence-electron chi connectivity index (χ1n) is 12.3. The Kier molecular flexibility index (Phi) is 8.13. The lowest BCUT2D eigenvalue weighted by Crippen LogP contribution is -2.30. The summed E-state index contributed by atoms with van der Waals surface area (Å²) in [6, 6.07) is 16.4. The third-order valence-corrected chi connectivity index (χ3v) is 6.66. The van der Waals surface area contributed by atoms with Crippen LogP contribution >= 0.6 is 0 Å². The summed E-state index contributed by atoms with van der Waals surface area (Å²) in [5.74, 6) is 2.39. The van der Waals surface area contributed by atoms with Gasteiger partial charge in [0.05, 0.1) is 32.6 Å². The Labute approximate surface area is 208 Å². The fourth-order valence-corrected chi connectivity index (χ4v) is 4.81. The Morgan fingerprint density at radius 3 is 2.49 bits per heavy atom. The van der Waals surface area contributed by atoms with Gasteiger partial charge in [-0.25, -0.2) is 0 Å². The molecule has 0 aliphatic carbocycles. The molecule has 0 saturated heterocycles. The Morgan fingerprint density at radius 2 is 1.80 bits per heavy atom. The minimum absolute atomic E-state index is 0.103. The van der Waals surface area contributed by atoms with Crippen molar-refractivity contribution in [1.82, 2.24) is 4.57 Å². The van der Waals surface area contributed by atoms with Crippen LogP contribution in [-0.4, -0.2) is 38.5 Å². The van der Waals surface area contributed by atoms with Gasteiger partial charge in [-0.15, -0.1) is 0 Å². The van der Waals surface area contributed by atoms with Crippen LogP contribution in [0.15, 0.2) is 53.5 Å². The molecule has 0 bridgehead atoms. The number of hydrogen-bond donors (Lipinski definition) is 0. The summed E-state index contributed by atoms with van der Waals surface area (Å²) in [7, 11) is 5.14. The van der Waals surface area contributed by atoms with E-state index in [-0.39, 0.29) is 6.10 Å². The van der Waals surface area contributed by atoms with Gasteiger partial charge in [0.1, 0.15) is 17.8 Å². The van der Waals surface area contributed by atoms with Crippen molar-refractivity contribution in [2.75, 3.05) is 27.9 Å². The molecule has 186 valence electrons. The van der Waals surface area contributed by atoms with Gasteiger partial charge in [0.15, 0.2) is 11.5 Å². The molecule has 1 aliphatic rings. The molecule has 2 heterocycles. The van der Waals surface area contributed by atoms with E-state index < -0.39 is 0 Å². The topological polar surface area (TPSA) is 54.2 Å². The molecule has 1 aromatic heterocycles. The zero-order valence-electron chi connectivity index (χ0n) is 21.5. The lowest BCUT2D eigenvalue weighted by atomic mass is 9.93. The maximum absolute atomic E-state index is 6.37. The number of pyridine rings is 1. The number of rotatable bonds is 10. The number of aromatic nitrogens is 1. The summed E-state index contributed by atoms with van der Waals surface area (Å²) in [6.07, 6.45) is 2.98. The molecule has 1 atom stereocenters. The van der Waals surface area contributed by atoms with Crippen LogP contribution in [0.3, 0.4) is 0 Å². The van der Waals surface area contributed by atoms with Crippen LogP contribution in [0.1, 0.15) is 36.5 Å². The molecule has 3 aromatic rings. The SMILES string of the molecule is CCCC(CN=c1cc(OCc2ccccc2)c(C)c2n1CCc1c-2ccc(OC)c1OC)OC. The normalized spacial score (nSPS) is 13.7. The van der Waals surface area contributed by atoms with Crippen LogP contribution in [0.2, 0.25) is 0 Å². The van der Waals surface area contributed by atoms with Crippen LogP contribution < -0.4 is 19.7 Å². The monoisotopic (exact) mass is 476 g/mol. The van der Waals surface area contributed by atoms with E-state index in [1.807, 2.05) is 24.3 Å². The van der Waals surface area contributed by atoms with Crippen molar-refractivity contribution >= 4 is 0 Å². The Morgan fingerprint density at radius 1 is 1.00 bits per heavy atom. The molecule has 0 amide bonds. The predicted octanol–water partition coefficient (Wildman–Crippen LogP) is 5.33. The van der Waals surface area contributed by atoms with E-state index in [2.05, 4.69) is 42.7 Å². The Balaban J connectivity index is 1.84. The number of ether oxygens (including phenoxy) is 4. The molecule has 0 saturated carbocycles. The van der Waals surface area contributed by atoms with Gasteiger partial charge in [-0.05, 0) is 37.5 Å². The highest BCUT2D eigenvalue weighted by molar-refractivity contribution is 5.75. The average Bonchev–Trinajstić information content (AvgIpc) is 2.90. The predicted molar refractivity (Wildman–Crippen MR) is 138 cm³/mol. The van der Waals surface area contributed by atoms with Crippen LogP contribution in [0.25, 0.3) is 11.3 Å². The van der Waals surface area contributed by atoms with Crippen LogP contribution in [-0.2, 0) is 24.3 Å². The molecule has 6 heteroatoms. The Hall–Kier alpha value is -3.25.